The molecule has 1 aliphatic carbocycles. The lowest BCUT2D eigenvalue weighted by Gasteiger charge is -2.32. The van der Waals surface area contributed by atoms with Crippen molar-refractivity contribution in [1.29, 1.82) is 0 Å². The number of nitrogens with zero attached hydrogens (tertiary/aromatic N) is 3. The average Bonchev–Trinajstić information content (AvgIpc) is 3.58. The Balaban J connectivity index is 1.56. The van der Waals surface area contributed by atoms with Crippen LogP contribution in [0.2, 0.25) is 0 Å². The Morgan fingerprint density at radius 1 is 1.22 bits per heavy atom. The molecule has 1 amide bonds. The van der Waals surface area contributed by atoms with Crippen molar-refractivity contribution in [1.82, 2.24) is 14.3 Å². The predicted octanol–water partition coefficient (Wildman–Crippen LogP) is 3.47. The summed E-state index contributed by atoms with van der Waals surface area (Å²) in [5, 5.41) is 0. The number of carbonyl (C=O) groups excluding carboxylic acids is 1. The van der Waals surface area contributed by atoms with E-state index in [4.69, 9.17) is 13.7 Å². The van der Waals surface area contributed by atoms with Crippen molar-refractivity contribution < 1.29 is 35.6 Å². The van der Waals surface area contributed by atoms with Crippen molar-refractivity contribution in [3.05, 3.63) is 53.4 Å². The molecule has 2 fully saturated rings. The van der Waals surface area contributed by atoms with Crippen molar-refractivity contribution in [2.75, 3.05) is 26.8 Å². The first-order chi connectivity index (χ1) is 17.2. The zero-order valence-electron chi connectivity index (χ0n) is 19.7. The number of aryl methyl sites for hydroxylation is 1. The van der Waals surface area contributed by atoms with E-state index in [1.165, 1.54) is 12.0 Å². The SMILES string of the molecule is COC(=O)N1CCO[C@@H](Cc2c(-c3c(F)cc(S(=O)(=O)OC4CC4)cc3F)nc3cc(C)ccn23)C1. The number of halogens is 2. The molecule has 12 heteroatoms. The molecule has 9 nitrogen and oxygen atoms in total. The van der Waals surface area contributed by atoms with Crippen LogP contribution in [0.4, 0.5) is 13.6 Å². The van der Waals surface area contributed by atoms with Gasteiger partial charge < -0.3 is 18.8 Å². The Hall–Kier alpha value is -3.09. The molecule has 2 aromatic heterocycles. The Labute approximate surface area is 206 Å². The average molecular weight is 522 g/mol. The third-order valence-electron chi connectivity index (χ3n) is 6.20. The van der Waals surface area contributed by atoms with Crippen LogP contribution in [0.1, 0.15) is 24.1 Å². The van der Waals surface area contributed by atoms with Crippen molar-refractivity contribution in [3.63, 3.8) is 0 Å². The van der Waals surface area contributed by atoms with Crippen LogP contribution in [0.15, 0.2) is 35.4 Å². The van der Waals surface area contributed by atoms with E-state index in [1.54, 1.807) is 16.7 Å². The normalized spacial score (nSPS) is 18.6. The molecule has 1 saturated carbocycles. The second kappa shape index (κ2) is 9.41. The fourth-order valence-electron chi connectivity index (χ4n) is 4.27. The number of hydrogen-bond acceptors (Lipinski definition) is 7. The Morgan fingerprint density at radius 2 is 1.94 bits per heavy atom. The third kappa shape index (κ3) is 4.80. The largest absolute Gasteiger partial charge is 0.453 e. The van der Waals surface area contributed by atoms with E-state index in [0.29, 0.717) is 30.7 Å². The maximum Gasteiger partial charge on any atom is 0.409 e. The Bertz CT molecular complexity index is 1410. The molecule has 0 unspecified atom stereocenters. The zero-order valence-corrected chi connectivity index (χ0v) is 20.6. The lowest BCUT2D eigenvalue weighted by molar-refractivity contribution is -0.0241. The topological polar surface area (TPSA) is 99.4 Å². The van der Waals surface area contributed by atoms with Crippen LogP contribution in [-0.2, 0) is 30.2 Å². The maximum absolute atomic E-state index is 15.4. The van der Waals surface area contributed by atoms with E-state index in [0.717, 1.165) is 17.7 Å². The van der Waals surface area contributed by atoms with Crippen molar-refractivity contribution in [2.24, 2.45) is 0 Å². The number of imidazole rings is 1. The molecule has 0 radical (unpaired) electrons. The molecule has 0 N–H and O–H groups in total. The number of aromatic nitrogens is 2. The molecule has 3 aromatic rings. The van der Waals surface area contributed by atoms with Crippen molar-refractivity contribution in [3.8, 4) is 11.3 Å². The highest BCUT2D eigenvalue weighted by molar-refractivity contribution is 7.86. The zero-order chi connectivity index (χ0) is 25.6. The lowest BCUT2D eigenvalue weighted by Crippen LogP contribution is -2.46. The predicted molar refractivity (Wildman–Crippen MR) is 124 cm³/mol. The number of morpholine rings is 1. The fraction of sp³-hybridized carbons (Fsp3) is 0.417. The molecular weight excluding hydrogens is 496 g/mol. The second-order valence-corrected chi connectivity index (χ2v) is 10.5. The van der Waals surface area contributed by atoms with Gasteiger partial charge in [0, 0.05) is 19.2 Å². The summed E-state index contributed by atoms with van der Waals surface area (Å²) in [4.78, 5) is 17.4. The molecule has 36 heavy (non-hydrogen) atoms. The summed E-state index contributed by atoms with van der Waals surface area (Å²) in [6.45, 7) is 2.74. The van der Waals surface area contributed by atoms with Gasteiger partial charge in [0.1, 0.15) is 17.3 Å². The monoisotopic (exact) mass is 521 g/mol. The molecule has 1 aromatic carbocycles. The third-order valence-corrected chi connectivity index (χ3v) is 7.54. The molecule has 1 atom stereocenters. The summed E-state index contributed by atoms with van der Waals surface area (Å²) in [6, 6.07) is 5.12. The van der Waals surface area contributed by atoms with Crippen LogP contribution >= 0.6 is 0 Å². The molecule has 5 rings (SSSR count). The number of fused-ring (bicyclic) bond motifs is 1. The van der Waals surface area contributed by atoms with Crippen LogP contribution in [-0.4, -0.2) is 67.8 Å². The minimum absolute atomic E-state index is 0.0291. The van der Waals surface area contributed by atoms with Crippen LogP contribution in [0.25, 0.3) is 16.9 Å². The van der Waals surface area contributed by atoms with Gasteiger partial charge in [-0.1, -0.05) is 0 Å². The van der Waals surface area contributed by atoms with Gasteiger partial charge in [0.2, 0.25) is 0 Å². The number of methoxy groups -OCH3 is 1. The van der Waals surface area contributed by atoms with Crippen LogP contribution in [0.5, 0.6) is 0 Å². The van der Waals surface area contributed by atoms with Gasteiger partial charge in [0.25, 0.3) is 10.1 Å². The van der Waals surface area contributed by atoms with Gasteiger partial charge in [-0.3, -0.25) is 4.18 Å². The Kier molecular flexibility index (Phi) is 6.43. The summed E-state index contributed by atoms with van der Waals surface area (Å²) in [5.74, 6) is -2.15. The summed E-state index contributed by atoms with van der Waals surface area (Å²) in [6.07, 6.45) is 1.70. The molecule has 2 aliphatic rings. The Morgan fingerprint density at radius 3 is 2.61 bits per heavy atom. The summed E-state index contributed by atoms with van der Waals surface area (Å²) < 4.78 is 72.9. The van der Waals surface area contributed by atoms with E-state index >= 15 is 8.78 Å². The number of hydrogen-bond donors (Lipinski definition) is 0. The van der Waals surface area contributed by atoms with Gasteiger partial charge in [0.05, 0.1) is 54.3 Å². The van der Waals surface area contributed by atoms with E-state index in [9.17, 15) is 13.2 Å². The van der Waals surface area contributed by atoms with Gasteiger partial charge >= 0.3 is 6.09 Å². The molecule has 0 bridgehead atoms. The fourth-order valence-corrected chi connectivity index (χ4v) is 5.42. The summed E-state index contributed by atoms with van der Waals surface area (Å²) in [7, 11) is -3.00. The van der Waals surface area contributed by atoms with Gasteiger partial charge in [-0.25, -0.2) is 18.6 Å². The standard InChI is InChI=1S/C24H25F2N3O6S/c1-14-5-6-29-20(10-16-13-28(7-8-34-16)24(30)33-2)23(27-21(29)9-14)22-18(25)11-17(12-19(22)26)36(31,32)35-15-3-4-15/h5-6,9,11-12,15-16H,3-4,7-8,10,13H2,1-2H3/t16-/m0/s1. The summed E-state index contributed by atoms with van der Waals surface area (Å²) in [5.41, 5.74) is 1.41. The first-order valence-electron chi connectivity index (χ1n) is 11.5. The van der Waals surface area contributed by atoms with Crippen LogP contribution in [0.3, 0.4) is 0 Å². The number of amides is 1. The van der Waals surface area contributed by atoms with E-state index in [2.05, 4.69) is 4.98 Å². The highest BCUT2D eigenvalue weighted by Gasteiger charge is 2.33. The molecule has 3 heterocycles. The van der Waals surface area contributed by atoms with Crippen LogP contribution < -0.4 is 0 Å². The van der Waals surface area contributed by atoms with Gasteiger partial charge in [-0.2, -0.15) is 8.42 Å². The van der Waals surface area contributed by atoms with Gasteiger partial charge in [0.15, 0.2) is 0 Å². The lowest BCUT2D eigenvalue weighted by atomic mass is 10.0. The first-order valence-corrected chi connectivity index (χ1v) is 12.9. The van der Waals surface area contributed by atoms with E-state index in [1.807, 2.05) is 13.0 Å². The maximum atomic E-state index is 15.4. The minimum Gasteiger partial charge on any atom is -0.453 e. The highest BCUT2D eigenvalue weighted by atomic mass is 32.2. The number of carbonyl (C=O) groups is 1. The molecule has 1 aliphatic heterocycles. The van der Waals surface area contributed by atoms with Crippen LogP contribution in [0, 0.1) is 18.6 Å². The molecular formula is C24H25F2N3O6S. The second-order valence-electron chi connectivity index (χ2n) is 8.96. The first kappa shape index (κ1) is 24.6. The molecule has 1 saturated heterocycles. The molecule has 0 spiro atoms. The highest BCUT2D eigenvalue weighted by Crippen LogP contribution is 2.34. The summed E-state index contributed by atoms with van der Waals surface area (Å²) >= 11 is 0. The molecule has 192 valence electrons. The smallest absolute Gasteiger partial charge is 0.409 e. The number of ether oxygens (including phenoxy) is 2. The quantitative estimate of drug-likeness (QED) is 0.458. The van der Waals surface area contributed by atoms with Gasteiger partial charge in [-0.05, 0) is 49.6 Å². The van der Waals surface area contributed by atoms with Gasteiger partial charge in [-0.15, -0.1) is 0 Å². The van der Waals surface area contributed by atoms with E-state index < -0.39 is 50.5 Å². The number of rotatable bonds is 6. The number of pyridine rings is 1. The number of benzene rings is 1. The van der Waals surface area contributed by atoms with E-state index in [-0.39, 0.29) is 25.3 Å². The van der Waals surface area contributed by atoms with Crippen molar-refractivity contribution >= 4 is 21.9 Å². The minimum atomic E-state index is -4.30. The van der Waals surface area contributed by atoms with Crippen molar-refractivity contribution in [2.45, 2.75) is 43.3 Å².